The van der Waals surface area contributed by atoms with Crippen molar-refractivity contribution in [3.05, 3.63) is 35.4 Å². The molecule has 90 valence electrons. The lowest BCUT2D eigenvalue weighted by Gasteiger charge is -2.29. The molecule has 1 aromatic rings. The molecule has 0 amide bonds. The first-order valence-electron chi connectivity index (χ1n) is 6.27. The van der Waals surface area contributed by atoms with Gasteiger partial charge in [0.25, 0.3) is 0 Å². The number of hydrogen-bond donors (Lipinski definition) is 1. The van der Waals surface area contributed by atoms with Crippen molar-refractivity contribution in [2.45, 2.75) is 37.8 Å². The molecule has 1 saturated heterocycles. The first-order valence-corrected chi connectivity index (χ1v) is 6.68. The Morgan fingerprint density at radius 2 is 2.18 bits per heavy atom. The number of rotatable bonds is 1. The van der Waals surface area contributed by atoms with Crippen molar-refractivity contribution in [1.82, 2.24) is 4.90 Å². The van der Waals surface area contributed by atoms with E-state index in [2.05, 4.69) is 36.1 Å². The van der Waals surface area contributed by atoms with Crippen LogP contribution in [0.4, 0.5) is 0 Å². The number of nitrogens with zero attached hydrogens (tertiary/aromatic N) is 1. The second kappa shape index (κ2) is 3.79. The fourth-order valence-electron chi connectivity index (χ4n) is 3.05. The maximum Gasteiger partial charge on any atom is 0.0984 e. The molecule has 1 aliphatic heterocycles. The summed E-state index contributed by atoms with van der Waals surface area (Å²) in [7, 11) is 0. The van der Waals surface area contributed by atoms with Crippen molar-refractivity contribution < 1.29 is 0 Å². The Balaban J connectivity index is 1.91. The van der Waals surface area contributed by atoms with E-state index >= 15 is 0 Å². The molecule has 1 aromatic carbocycles. The molecular formula is C14H18N2S. The molecule has 2 atom stereocenters. The van der Waals surface area contributed by atoms with Gasteiger partial charge in [0.15, 0.2) is 0 Å². The van der Waals surface area contributed by atoms with E-state index in [4.69, 9.17) is 18.0 Å². The van der Waals surface area contributed by atoms with Crippen LogP contribution in [-0.4, -0.2) is 22.0 Å². The average molecular weight is 246 g/mol. The van der Waals surface area contributed by atoms with Crippen LogP contribution in [-0.2, 0) is 6.42 Å². The molecule has 0 bridgehead atoms. The highest BCUT2D eigenvalue weighted by Crippen LogP contribution is 2.39. The molecule has 0 radical (unpaired) electrons. The van der Waals surface area contributed by atoms with Crippen LogP contribution < -0.4 is 5.73 Å². The first-order chi connectivity index (χ1) is 8.09. The summed E-state index contributed by atoms with van der Waals surface area (Å²) in [6.45, 7) is 3.06. The Labute approximate surface area is 108 Å². The molecule has 2 N–H and O–H groups in total. The molecule has 2 aliphatic rings. The number of benzene rings is 1. The van der Waals surface area contributed by atoms with Gasteiger partial charge >= 0.3 is 0 Å². The average Bonchev–Trinajstić information content (AvgIpc) is 2.83. The lowest BCUT2D eigenvalue weighted by atomic mass is 10.0. The Hall–Kier alpha value is -0.930. The Kier molecular flexibility index (Phi) is 2.49. The monoisotopic (exact) mass is 246 g/mol. The second-order valence-corrected chi connectivity index (χ2v) is 5.81. The van der Waals surface area contributed by atoms with Crippen LogP contribution in [0.3, 0.4) is 0 Å². The number of hydrogen-bond acceptors (Lipinski definition) is 2. The SMILES string of the molecule is CC1(N)CCN(C2CCc3ccccc32)C1=S. The summed E-state index contributed by atoms with van der Waals surface area (Å²) >= 11 is 5.54. The van der Waals surface area contributed by atoms with Crippen LogP contribution in [0, 0.1) is 0 Å². The van der Waals surface area contributed by atoms with E-state index in [1.807, 2.05) is 0 Å². The van der Waals surface area contributed by atoms with E-state index < -0.39 is 0 Å². The third-order valence-electron chi connectivity index (χ3n) is 4.10. The molecule has 1 fully saturated rings. The van der Waals surface area contributed by atoms with Gasteiger partial charge in [-0.25, -0.2) is 0 Å². The normalized spacial score (nSPS) is 32.0. The topological polar surface area (TPSA) is 29.3 Å². The third-order valence-corrected chi connectivity index (χ3v) is 4.80. The van der Waals surface area contributed by atoms with Crippen LogP contribution >= 0.6 is 12.2 Å². The fourth-order valence-corrected chi connectivity index (χ4v) is 3.37. The van der Waals surface area contributed by atoms with Crippen LogP contribution in [0.2, 0.25) is 0 Å². The summed E-state index contributed by atoms with van der Waals surface area (Å²) in [4.78, 5) is 3.29. The van der Waals surface area contributed by atoms with Gasteiger partial charge in [-0.15, -0.1) is 0 Å². The van der Waals surface area contributed by atoms with Crippen molar-refractivity contribution in [3.8, 4) is 0 Å². The van der Waals surface area contributed by atoms with Gasteiger partial charge in [0.1, 0.15) is 0 Å². The lowest BCUT2D eigenvalue weighted by molar-refractivity contribution is 0.344. The second-order valence-electron chi connectivity index (χ2n) is 5.42. The molecule has 1 heterocycles. The van der Waals surface area contributed by atoms with E-state index in [1.165, 1.54) is 24.0 Å². The minimum Gasteiger partial charge on any atom is -0.357 e. The maximum atomic E-state index is 6.22. The largest absolute Gasteiger partial charge is 0.357 e. The lowest BCUT2D eigenvalue weighted by Crippen LogP contribution is -2.44. The van der Waals surface area contributed by atoms with Crippen LogP contribution in [0.5, 0.6) is 0 Å². The molecule has 17 heavy (non-hydrogen) atoms. The number of likely N-dealkylation sites (tertiary alicyclic amines) is 1. The predicted molar refractivity (Wildman–Crippen MR) is 74.0 cm³/mol. The minimum atomic E-state index is -0.285. The summed E-state index contributed by atoms with van der Waals surface area (Å²) in [5.41, 5.74) is 8.86. The van der Waals surface area contributed by atoms with Crippen LogP contribution in [0.1, 0.15) is 36.9 Å². The van der Waals surface area contributed by atoms with E-state index in [0.29, 0.717) is 6.04 Å². The molecule has 3 rings (SSSR count). The molecule has 2 nitrogen and oxygen atoms in total. The van der Waals surface area contributed by atoms with Gasteiger partial charge < -0.3 is 10.6 Å². The summed E-state index contributed by atoms with van der Waals surface area (Å²) < 4.78 is 0. The standard InChI is InChI=1S/C14H18N2S/c1-14(15)8-9-16(13(14)17)12-7-6-10-4-2-3-5-11(10)12/h2-5,12H,6-9,15H2,1H3. The highest BCUT2D eigenvalue weighted by atomic mass is 32.1. The van der Waals surface area contributed by atoms with Crippen molar-refractivity contribution in [3.63, 3.8) is 0 Å². The maximum absolute atomic E-state index is 6.22. The molecule has 0 spiro atoms. The Bertz CT molecular complexity index is 467. The molecule has 1 aliphatic carbocycles. The molecule has 2 unspecified atom stereocenters. The minimum absolute atomic E-state index is 0.285. The van der Waals surface area contributed by atoms with E-state index in [-0.39, 0.29) is 5.54 Å². The Morgan fingerprint density at radius 1 is 1.41 bits per heavy atom. The van der Waals surface area contributed by atoms with Crippen LogP contribution in [0.25, 0.3) is 0 Å². The van der Waals surface area contributed by atoms with Gasteiger partial charge in [-0.1, -0.05) is 36.5 Å². The summed E-state index contributed by atoms with van der Waals surface area (Å²) in [6, 6.07) is 9.18. The van der Waals surface area contributed by atoms with Gasteiger partial charge in [0.2, 0.25) is 0 Å². The fraction of sp³-hybridized carbons (Fsp3) is 0.500. The highest BCUT2D eigenvalue weighted by Gasteiger charge is 2.40. The van der Waals surface area contributed by atoms with Gasteiger partial charge in [-0.05, 0) is 37.3 Å². The molecule has 3 heteroatoms. The highest BCUT2D eigenvalue weighted by molar-refractivity contribution is 7.80. The van der Waals surface area contributed by atoms with Crippen LogP contribution in [0.15, 0.2) is 24.3 Å². The van der Waals surface area contributed by atoms with Crippen molar-refractivity contribution in [1.29, 1.82) is 0 Å². The number of aryl methyl sites for hydroxylation is 1. The zero-order valence-electron chi connectivity index (χ0n) is 10.1. The molecular weight excluding hydrogens is 228 g/mol. The molecule has 0 aromatic heterocycles. The molecule has 0 saturated carbocycles. The van der Waals surface area contributed by atoms with Gasteiger partial charge in [-0.2, -0.15) is 0 Å². The summed E-state index contributed by atoms with van der Waals surface area (Å²) in [5.74, 6) is 0. The Morgan fingerprint density at radius 3 is 2.88 bits per heavy atom. The van der Waals surface area contributed by atoms with Crippen molar-refractivity contribution >= 4 is 17.2 Å². The van der Waals surface area contributed by atoms with Gasteiger partial charge in [0, 0.05) is 6.54 Å². The van der Waals surface area contributed by atoms with Gasteiger partial charge in [-0.3, -0.25) is 0 Å². The van der Waals surface area contributed by atoms with Gasteiger partial charge in [0.05, 0.1) is 16.6 Å². The van der Waals surface area contributed by atoms with E-state index in [9.17, 15) is 0 Å². The number of thiocarbonyl (C=S) groups is 1. The summed E-state index contributed by atoms with van der Waals surface area (Å²) in [6.07, 6.45) is 3.32. The number of nitrogens with two attached hydrogens (primary N) is 1. The smallest absolute Gasteiger partial charge is 0.0984 e. The zero-order chi connectivity index (χ0) is 12.0. The van der Waals surface area contributed by atoms with Crippen molar-refractivity contribution in [2.75, 3.05) is 6.54 Å². The predicted octanol–water partition coefficient (Wildman–Crippen LogP) is 2.42. The number of fused-ring (bicyclic) bond motifs is 1. The van der Waals surface area contributed by atoms with E-state index in [0.717, 1.165) is 18.0 Å². The summed E-state index contributed by atoms with van der Waals surface area (Å²) in [5, 5.41) is 0. The van der Waals surface area contributed by atoms with Crippen molar-refractivity contribution in [2.24, 2.45) is 5.73 Å². The first kappa shape index (κ1) is 11.2. The quantitative estimate of drug-likeness (QED) is 0.772. The van der Waals surface area contributed by atoms with E-state index in [1.54, 1.807) is 0 Å². The zero-order valence-corrected chi connectivity index (χ0v) is 11.0. The third kappa shape index (κ3) is 1.69.